The summed E-state index contributed by atoms with van der Waals surface area (Å²) in [5.74, 6) is -0.962. The van der Waals surface area contributed by atoms with Gasteiger partial charge in [-0.1, -0.05) is 0 Å². The topological polar surface area (TPSA) is 95.5 Å². The van der Waals surface area contributed by atoms with Crippen LogP contribution in [0.4, 0.5) is 0 Å². The van der Waals surface area contributed by atoms with E-state index in [0.29, 0.717) is 25.0 Å². The van der Waals surface area contributed by atoms with Crippen molar-refractivity contribution in [2.45, 2.75) is 31.3 Å². The molecule has 2 atom stereocenters. The van der Waals surface area contributed by atoms with E-state index in [0.717, 1.165) is 0 Å². The molecule has 1 aliphatic heterocycles. The fraction of sp³-hybridized carbons (Fsp3) is 0.700. The highest BCUT2D eigenvalue weighted by Crippen LogP contribution is 2.08. The maximum Gasteiger partial charge on any atom is 0.326 e. The number of carbonyl (C=O) groups excluding carboxylic acids is 2. The lowest BCUT2D eigenvalue weighted by molar-refractivity contribution is -0.142. The summed E-state index contributed by atoms with van der Waals surface area (Å²) in [6.07, 6.45) is 3.00. The van der Waals surface area contributed by atoms with E-state index in [2.05, 4.69) is 10.6 Å². The second kappa shape index (κ2) is 6.48. The molecule has 17 heavy (non-hydrogen) atoms. The van der Waals surface area contributed by atoms with Gasteiger partial charge in [-0.25, -0.2) is 4.79 Å². The smallest absolute Gasteiger partial charge is 0.326 e. The summed E-state index contributed by atoms with van der Waals surface area (Å²) in [5.41, 5.74) is 0. The van der Waals surface area contributed by atoms with Gasteiger partial charge in [0.15, 0.2) is 0 Å². The first-order chi connectivity index (χ1) is 8.04. The van der Waals surface area contributed by atoms with Crippen LogP contribution >= 0.6 is 11.8 Å². The molecule has 3 N–H and O–H groups in total. The third-order valence-electron chi connectivity index (χ3n) is 2.54. The Hall–Kier alpha value is -1.24. The Morgan fingerprint density at radius 1 is 1.65 bits per heavy atom. The molecule has 6 nitrogen and oxygen atoms in total. The molecule has 1 fully saturated rings. The van der Waals surface area contributed by atoms with Gasteiger partial charge in [-0.3, -0.25) is 9.59 Å². The van der Waals surface area contributed by atoms with Crippen molar-refractivity contribution in [3.63, 3.8) is 0 Å². The number of nitrogens with one attached hydrogen (secondary N) is 2. The Balaban J connectivity index is 2.46. The molecular weight excluding hydrogens is 244 g/mol. The van der Waals surface area contributed by atoms with E-state index in [9.17, 15) is 14.4 Å². The molecule has 0 aromatic carbocycles. The van der Waals surface area contributed by atoms with Crippen molar-refractivity contribution < 1.29 is 19.5 Å². The monoisotopic (exact) mass is 260 g/mol. The van der Waals surface area contributed by atoms with Crippen molar-refractivity contribution in [2.75, 3.05) is 12.0 Å². The summed E-state index contributed by atoms with van der Waals surface area (Å²) >= 11 is 1.52. The third-order valence-corrected chi connectivity index (χ3v) is 3.18. The van der Waals surface area contributed by atoms with E-state index >= 15 is 0 Å². The van der Waals surface area contributed by atoms with Crippen molar-refractivity contribution >= 4 is 29.5 Å². The van der Waals surface area contributed by atoms with Gasteiger partial charge in [0, 0.05) is 6.42 Å². The highest BCUT2D eigenvalue weighted by molar-refractivity contribution is 7.98. The molecule has 0 spiro atoms. The number of aliphatic carboxylic acids is 1. The fourth-order valence-electron chi connectivity index (χ4n) is 1.58. The molecule has 1 heterocycles. The van der Waals surface area contributed by atoms with Gasteiger partial charge in [0.2, 0.25) is 11.8 Å². The van der Waals surface area contributed by atoms with Gasteiger partial charge in [0.25, 0.3) is 0 Å². The van der Waals surface area contributed by atoms with Gasteiger partial charge in [-0.05, 0) is 24.9 Å². The van der Waals surface area contributed by atoms with Crippen molar-refractivity contribution in [3.8, 4) is 0 Å². The normalized spacial score (nSPS) is 20.8. The molecule has 0 bridgehead atoms. The molecule has 2 amide bonds. The van der Waals surface area contributed by atoms with Crippen molar-refractivity contribution in [2.24, 2.45) is 0 Å². The summed E-state index contributed by atoms with van der Waals surface area (Å²) in [6, 6.07) is -1.47. The Kier molecular flexibility index (Phi) is 5.27. The summed E-state index contributed by atoms with van der Waals surface area (Å²) in [7, 11) is 0. The van der Waals surface area contributed by atoms with Crippen LogP contribution in [0.15, 0.2) is 0 Å². The molecular formula is C10H16N2O4S. The van der Waals surface area contributed by atoms with Gasteiger partial charge < -0.3 is 15.7 Å². The van der Waals surface area contributed by atoms with E-state index in [4.69, 9.17) is 5.11 Å². The van der Waals surface area contributed by atoms with Crippen LogP contribution in [-0.4, -0.2) is 47.0 Å². The van der Waals surface area contributed by atoms with Crippen molar-refractivity contribution in [1.82, 2.24) is 10.6 Å². The number of rotatable bonds is 6. The van der Waals surface area contributed by atoms with Crippen molar-refractivity contribution in [1.29, 1.82) is 0 Å². The molecule has 1 saturated heterocycles. The van der Waals surface area contributed by atoms with Crippen LogP contribution in [0.25, 0.3) is 0 Å². The minimum Gasteiger partial charge on any atom is -0.480 e. The van der Waals surface area contributed by atoms with E-state index in [1.165, 1.54) is 11.8 Å². The quantitative estimate of drug-likeness (QED) is 0.603. The number of hydrogen-bond acceptors (Lipinski definition) is 4. The van der Waals surface area contributed by atoms with Gasteiger partial charge in [-0.2, -0.15) is 11.8 Å². The second-order valence-electron chi connectivity index (χ2n) is 3.84. The minimum absolute atomic E-state index is 0.166. The average molecular weight is 260 g/mol. The van der Waals surface area contributed by atoms with E-state index in [1.807, 2.05) is 6.26 Å². The Morgan fingerprint density at radius 2 is 2.35 bits per heavy atom. The van der Waals surface area contributed by atoms with Crippen LogP contribution in [-0.2, 0) is 14.4 Å². The van der Waals surface area contributed by atoms with Crippen LogP contribution in [0.1, 0.15) is 19.3 Å². The third kappa shape index (κ3) is 4.26. The van der Waals surface area contributed by atoms with E-state index < -0.39 is 24.0 Å². The number of carbonyl (C=O) groups is 3. The van der Waals surface area contributed by atoms with Crippen LogP contribution < -0.4 is 10.6 Å². The first-order valence-corrected chi connectivity index (χ1v) is 6.75. The van der Waals surface area contributed by atoms with Gasteiger partial charge in [-0.15, -0.1) is 0 Å². The fourth-order valence-corrected chi connectivity index (χ4v) is 2.05. The lowest BCUT2D eigenvalue weighted by atomic mass is 10.1. The Morgan fingerprint density at radius 3 is 2.82 bits per heavy atom. The molecule has 0 aliphatic carbocycles. The molecule has 0 aromatic heterocycles. The molecule has 0 saturated carbocycles. The summed E-state index contributed by atoms with van der Waals surface area (Å²) in [5, 5.41) is 13.9. The van der Waals surface area contributed by atoms with E-state index in [-0.39, 0.29) is 5.91 Å². The SMILES string of the molecule is CSCCC(NC(=O)C1CCC(=O)N1)C(=O)O. The van der Waals surface area contributed by atoms with Crippen LogP contribution in [0.5, 0.6) is 0 Å². The predicted octanol–water partition coefficient (Wildman–Crippen LogP) is -0.412. The molecule has 0 aromatic rings. The van der Waals surface area contributed by atoms with Crippen molar-refractivity contribution in [3.05, 3.63) is 0 Å². The maximum atomic E-state index is 11.7. The number of carboxylic acids is 1. The number of amides is 2. The summed E-state index contributed by atoms with van der Waals surface area (Å²) in [6.45, 7) is 0. The molecule has 0 radical (unpaired) electrons. The Bertz CT molecular complexity index is 321. The zero-order chi connectivity index (χ0) is 12.8. The molecule has 1 aliphatic rings. The highest BCUT2D eigenvalue weighted by atomic mass is 32.2. The lowest BCUT2D eigenvalue weighted by Gasteiger charge is -2.16. The summed E-state index contributed by atoms with van der Waals surface area (Å²) < 4.78 is 0. The molecule has 96 valence electrons. The highest BCUT2D eigenvalue weighted by Gasteiger charge is 2.30. The predicted molar refractivity (Wildman–Crippen MR) is 63.7 cm³/mol. The molecule has 2 unspecified atom stereocenters. The lowest BCUT2D eigenvalue weighted by Crippen LogP contribution is -2.48. The zero-order valence-electron chi connectivity index (χ0n) is 9.56. The average Bonchev–Trinajstić information content (AvgIpc) is 2.70. The molecule has 7 heteroatoms. The first-order valence-electron chi connectivity index (χ1n) is 5.36. The zero-order valence-corrected chi connectivity index (χ0v) is 10.4. The standard InChI is InChI=1S/C10H16N2O4S/c1-17-5-4-7(10(15)16)12-9(14)6-2-3-8(13)11-6/h6-7H,2-5H2,1H3,(H,11,13)(H,12,14)(H,15,16). The largest absolute Gasteiger partial charge is 0.480 e. The van der Waals surface area contributed by atoms with Crippen LogP contribution in [0, 0.1) is 0 Å². The van der Waals surface area contributed by atoms with Gasteiger partial charge >= 0.3 is 5.97 Å². The van der Waals surface area contributed by atoms with Crippen LogP contribution in [0.2, 0.25) is 0 Å². The van der Waals surface area contributed by atoms with Crippen LogP contribution in [0.3, 0.4) is 0 Å². The second-order valence-corrected chi connectivity index (χ2v) is 4.83. The number of hydrogen-bond donors (Lipinski definition) is 3. The Labute approximate surface area is 104 Å². The number of carboxylic acid groups (broad SMARTS) is 1. The van der Waals surface area contributed by atoms with Gasteiger partial charge in [0.05, 0.1) is 0 Å². The first kappa shape index (κ1) is 13.8. The summed E-state index contributed by atoms with van der Waals surface area (Å²) in [4.78, 5) is 33.5. The molecule has 1 rings (SSSR count). The number of thioether (sulfide) groups is 1. The van der Waals surface area contributed by atoms with Gasteiger partial charge in [0.1, 0.15) is 12.1 Å². The minimum atomic E-state index is -1.04. The van der Waals surface area contributed by atoms with E-state index in [1.54, 1.807) is 0 Å². The maximum absolute atomic E-state index is 11.7.